The molecular formula is C12H13BrN4O3. The number of nitro benzene ring substituents is 1. The Morgan fingerprint density at radius 1 is 1.50 bits per heavy atom. The summed E-state index contributed by atoms with van der Waals surface area (Å²) < 4.78 is 2.29. The van der Waals surface area contributed by atoms with Gasteiger partial charge in [-0.1, -0.05) is 0 Å². The Labute approximate surface area is 123 Å². The van der Waals surface area contributed by atoms with Crippen molar-refractivity contribution in [3.63, 3.8) is 0 Å². The van der Waals surface area contributed by atoms with E-state index in [1.807, 2.05) is 6.20 Å². The number of hydrogen-bond acceptors (Lipinski definition) is 5. The van der Waals surface area contributed by atoms with Crippen molar-refractivity contribution in [1.29, 1.82) is 0 Å². The molecule has 0 unspecified atom stereocenters. The minimum Gasteiger partial charge on any atom is -0.394 e. The van der Waals surface area contributed by atoms with E-state index in [2.05, 4.69) is 26.3 Å². The van der Waals surface area contributed by atoms with Crippen molar-refractivity contribution in [2.24, 2.45) is 0 Å². The van der Waals surface area contributed by atoms with E-state index in [1.54, 1.807) is 16.9 Å². The molecule has 0 bridgehead atoms. The summed E-state index contributed by atoms with van der Waals surface area (Å²) in [6.45, 7) is 1.05. The van der Waals surface area contributed by atoms with Gasteiger partial charge in [0.05, 0.1) is 24.3 Å². The first-order valence-electron chi connectivity index (χ1n) is 5.90. The number of aromatic nitrogens is 2. The first-order chi connectivity index (χ1) is 9.60. The number of nitrogens with one attached hydrogen (secondary N) is 1. The van der Waals surface area contributed by atoms with E-state index < -0.39 is 4.92 Å². The van der Waals surface area contributed by atoms with E-state index in [9.17, 15) is 10.1 Å². The van der Waals surface area contributed by atoms with Gasteiger partial charge in [0.2, 0.25) is 0 Å². The molecule has 2 rings (SSSR count). The van der Waals surface area contributed by atoms with Gasteiger partial charge in [-0.05, 0) is 22.0 Å². The van der Waals surface area contributed by atoms with E-state index in [0.29, 0.717) is 17.6 Å². The molecule has 0 saturated heterocycles. The third-order valence-corrected chi connectivity index (χ3v) is 3.32. The van der Waals surface area contributed by atoms with Crippen molar-refractivity contribution in [3.8, 4) is 0 Å². The molecule has 0 fully saturated rings. The first-order valence-corrected chi connectivity index (χ1v) is 6.69. The Morgan fingerprint density at radius 3 is 2.95 bits per heavy atom. The average molecular weight is 341 g/mol. The summed E-state index contributed by atoms with van der Waals surface area (Å²) in [5, 5.41) is 26.7. The van der Waals surface area contributed by atoms with Gasteiger partial charge in [-0.2, -0.15) is 5.10 Å². The fourth-order valence-corrected chi connectivity index (χ4v) is 2.19. The number of non-ortho nitro benzene ring substituents is 1. The number of benzene rings is 1. The Bertz CT molecular complexity index is 614. The maximum absolute atomic E-state index is 10.6. The van der Waals surface area contributed by atoms with Gasteiger partial charge in [-0.15, -0.1) is 0 Å². The van der Waals surface area contributed by atoms with Crippen molar-refractivity contribution in [3.05, 3.63) is 50.7 Å². The van der Waals surface area contributed by atoms with Crippen LogP contribution in [0.25, 0.3) is 0 Å². The zero-order valence-corrected chi connectivity index (χ0v) is 12.1. The number of nitro groups is 1. The van der Waals surface area contributed by atoms with Gasteiger partial charge in [-0.25, -0.2) is 0 Å². The lowest BCUT2D eigenvalue weighted by molar-refractivity contribution is -0.384. The van der Waals surface area contributed by atoms with Crippen LogP contribution in [0.2, 0.25) is 0 Å². The van der Waals surface area contributed by atoms with Crippen LogP contribution in [-0.4, -0.2) is 26.4 Å². The number of rotatable bonds is 6. The molecule has 106 valence electrons. The highest BCUT2D eigenvalue weighted by Gasteiger charge is 2.09. The van der Waals surface area contributed by atoms with E-state index >= 15 is 0 Å². The molecule has 7 nitrogen and oxygen atoms in total. The van der Waals surface area contributed by atoms with Gasteiger partial charge < -0.3 is 10.4 Å². The zero-order chi connectivity index (χ0) is 14.5. The Balaban J connectivity index is 2.01. The third kappa shape index (κ3) is 3.55. The summed E-state index contributed by atoms with van der Waals surface area (Å²) in [5.74, 6) is 0. The molecule has 1 aromatic heterocycles. The number of aliphatic hydroxyl groups is 1. The summed E-state index contributed by atoms with van der Waals surface area (Å²) in [6, 6.07) is 4.56. The highest BCUT2D eigenvalue weighted by Crippen LogP contribution is 2.27. The molecule has 1 aromatic carbocycles. The van der Waals surface area contributed by atoms with Crippen molar-refractivity contribution < 1.29 is 10.0 Å². The number of nitrogens with zero attached hydrogens (tertiary/aromatic N) is 3. The molecule has 20 heavy (non-hydrogen) atoms. The lowest BCUT2D eigenvalue weighted by atomic mass is 10.2. The highest BCUT2D eigenvalue weighted by atomic mass is 79.9. The monoisotopic (exact) mass is 340 g/mol. The zero-order valence-electron chi connectivity index (χ0n) is 10.5. The molecule has 2 aromatic rings. The number of halogens is 1. The second-order valence-electron chi connectivity index (χ2n) is 4.11. The number of anilines is 1. The Morgan fingerprint density at radius 2 is 2.30 bits per heavy atom. The van der Waals surface area contributed by atoms with Gasteiger partial charge >= 0.3 is 0 Å². The lowest BCUT2D eigenvalue weighted by Crippen LogP contribution is -2.02. The van der Waals surface area contributed by atoms with Crippen LogP contribution in [0, 0.1) is 10.1 Å². The highest BCUT2D eigenvalue weighted by molar-refractivity contribution is 9.10. The van der Waals surface area contributed by atoms with E-state index in [-0.39, 0.29) is 12.3 Å². The predicted molar refractivity (Wildman–Crippen MR) is 77.4 cm³/mol. The summed E-state index contributed by atoms with van der Waals surface area (Å²) in [5.41, 5.74) is 1.77. The Kier molecular flexibility index (Phi) is 4.70. The SMILES string of the molecule is O=[N+]([O-])c1ccc(NCc2cnn(CCO)c2)c(Br)c1. The van der Waals surface area contributed by atoms with Crippen LogP contribution in [0.5, 0.6) is 0 Å². The Hall–Kier alpha value is -1.93. The molecular weight excluding hydrogens is 328 g/mol. The van der Waals surface area contributed by atoms with Crippen LogP contribution in [-0.2, 0) is 13.1 Å². The summed E-state index contributed by atoms with van der Waals surface area (Å²) in [6.07, 6.45) is 3.55. The van der Waals surface area contributed by atoms with Gasteiger partial charge in [0, 0.05) is 40.6 Å². The van der Waals surface area contributed by atoms with Crippen LogP contribution < -0.4 is 5.32 Å². The van der Waals surface area contributed by atoms with Crippen molar-refractivity contribution >= 4 is 27.3 Å². The molecule has 0 spiro atoms. The second kappa shape index (κ2) is 6.49. The minimum absolute atomic E-state index is 0.0400. The van der Waals surface area contributed by atoms with Gasteiger partial charge in [-0.3, -0.25) is 14.8 Å². The quantitative estimate of drug-likeness (QED) is 0.620. The van der Waals surface area contributed by atoms with Crippen molar-refractivity contribution in [1.82, 2.24) is 9.78 Å². The minimum atomic E-state index is -0.437. The van der Waals surface area contributed by atoms with Crippen LogP contribution in [0.1, 0.15) is 5.56 Å². The molecule has 8 heteroatoms. The molecule has 0 amide bonds. The molecule has 0 aliphatic carbocycles. The molecule has 0 aliphatic heterocycles. The first kappa shape index (κ1) is 14.5. The molecule has 0 saturated carbocycles. The summed E-state index contributed by atoms with van der Waals surface area (Å²) in [7, 11) is 0. The molecule has 1 heterocycles. The van der Waals surface area contributed by atoms with Crippen molar-refractivity contribution in [2.75, 3.05) is 11.9 Å². The van der Waals surface area contributed by atoms with Gasteiger partial charge in [0.15, 0.2) is 0 Å². The van der Waals surface area contributed by atoms with Crippen LogP contribution in [0.4, 0.5) is 11.4 Å². The topological polar surface area (TPSA) is 93.2 Å². The molecule has 0 radical (unpaired) electrons. The second-order valence-corrected chi connectivity index (χ2v) is 4.96. The fourth-order valence-electron chi connectivity index (χ4n) is 1.68. The van der Waals surface area contributed by atoms with E-state index in [0.717, 1.165) is 11.3 Å². The number of hydrogen-bond donors (Lipinski definition) is 2. The van der Waals surface area contributed by atoms with E-state index in [4.69, 9.17) is 5.11 Å². The molecule has 0 aliphatic rings. The predicted octanol–water partition coefficient (Wildman–Crippen LogP) is 2.16. The largest absolute Gasteiger partial charge is 0.394 e. The van der Waals surface area contributed by atoms with Crippen LogP contribution in [0.15, 0.2) is 35.1 Å². The molecule has 2 N–H and O–H groups in total. The van der Waals surface area contributed by atoms with E-state index in [1.165, 1.54) is 12.1 Å². The van der Waals surface area contributed by atoms with Gasteiger partial charge in [0.1, 0.15) is 0 Å². The smallest absolute Gasteiger partial charge is 0.270 e. The maximum Gasteiger partial charge on any atom is 0.270 e. The fraction of sp³-hybridized carbons (Fsp3) is 0.250. The normalized spacial score (nSPS) is 10.5. The van der Waals surface area contributed by atoms with Crippen molar-refractivity contribution in [2.45, 2.75) is 13.1 Å². The summed E-state index contributed by atoms with van der Waals surface area (Å²) in [4.78, 5) is 10.2. The number of aliphatic hydroxyl groups excluding tert-OH is 1. The molecule has 0 atom stereocenters. The summed E-state index contributed by atoms with van der Waals surface area (Å²) >= 11 is 3.30. The van der Waals surface area contributed by atoms with Crippen LogP contribution >= 0.6 is 15.9 Å². The van der Waals surface area contributed by atoms with Gasteiger partial charge in [0.25, 0.3) is 5.69 Å². The average Bonchev–Trinajstić information content (AvgIpc) is 2.85. The third-order valence-electron chi connectivity index (χ3n) is 2.66. The standard InChI is InChI=1S/C12H13BrN4O3/c13-11-5-10(17(19)20)1-2-12(11)14-6-9-7-15-16(8-9)3-4-18/h1-2,5,7-8,14,18H,3-4,6H2. The lowest BCUT2D eigenvalue weighted by Gasteiger charge is -2.06. The maximum atomic E-state index is 10.6. The van der Waals surface area contributed by atoms with Crippen LogP contribution in [0.3, 0.4) is 0 Å².